The standard InChI is InChI=1S/C14H26O4Si/c1-4-15-19(16-5-2,17-6-3)13-10-14(13)8-7-11-12(9-14)18-11/h11-13H,4-10H2,1-3H3. The average Bonchev–Trinajstić information content (AvgIpc) is 3.27. The molecule has 4 nitrogen and oxygen atoms in total. The van der Waals surface area contributed by atoms with Gasteiger partial charge >= 0.3 is 8.80 Å². The lowest BCUT2D eigenvalue weighted by atomic mass is 9.86. The summed E-state index contributed by atoms with van der Waals surface area (Å²) in [7, 11) is -2.49. The Balaban J connectivity index is 1.72. The lowest BCUT2D eigenvalue weighted by molar-refractivity contribution is 0.0647. The zero-order valence-electron chi connectivity index (χ0n) is 12.3. The van der Waals surface area contributed by atoms with E-state index >= 15 is 0 Å². The molecule has 110 valence electrons. The van der Waals surface area contributed by atoms with E-state index in [2.05, 4.69) is 0 Å². The van der Waals surface area contributed by atoms with Crippen LogP contribution in [0.5, 0.6) is 0 Å². The first-order valence-corrected chi connectivity index (χ1v) is 9.57. The van der Waals surface area contributed by atoms with Gasteiger partial charge in [-0.1, -0.05) is 0 Å². The normalized spacial score (nSPS) is 40.3. The minimum atomic E-state index is -2.49. The third-order valence-electron chi connectivity index (χ3n) is 4.88. The molecule has 3 aliphatic rings. The predicted molar refractivity (Wildman–Crippen MR) is 73.9 cm³/mol. The summed E-state index contributed by atoms with van der Waals surface area (Å²) in [5.41, 5.74) is 0.911. The van der Waals surface area contributed by atoms with Crippen molar-refractivity contribution in [3.8, 4) is 0 Å². The van der Waals surface area contributed by atoms with Gasteiger partial charge in [-0.25, -0.2) is 0 Å². The molecule has 0 aromatic heterocycles. The molecule has 1 spiro atoms. The van der Waals surface area contributed by atoms with Crippen LogP contribution < -0.4 is 0 Å². The van der Waals surface area contributed by atoms with Gasteiger partial charge in [0, 0.05) is 25.4 Å². The first-order chi connectivity index (χ1) is 9.19. The quantitative estimate of drug-likeness (QED) is 0.533. The van der Waals surface area contributed by atoms with Crippen molar-refractivity contribution in [3.63, 3.8) is 0 Å². The van der Waals surface area contributed by atoms with Crippen LogP contribution in [0.3, 0.4) is 0 Å². The molecule has 19 heavy (non-hydrogen) atoms. The van der Waals surface area contributed by atoms with Crippen molar-refractivity contribution in [2.75, 3.05) is 19.8 Å². The summed E-state index contributed by atoms with van der Waals surface area (Å²) in [6.07, 6.45) is 5.98. The summed E-state index contributed by atoms with van der Waals surface area (Å²) < 4.78 is 23.9. The van der Waals surface area contributed by atoms with Crippen molar-refractivity contribution >= 4 is 8.80 Å². The highest BCUT2D eigenvalue weighted by Crippen LogP contribution is 2.71. The fraction of sp³-hybridized carbons (Fsp3) is 1.00. The summed E-state index contributed by atoms with van der Waals surface area (Å²) >= 11 is 0. The van der Waals surface area contributed by atoms with Gasteiger partial charge in [0.25, 0.3) is 0 Å². The van der Waals surface area contributed by atoms with Crippen LogP contribution in [-0.4, -0.2) is 40.8 Å². The molecule has 5 heteroatoms. The molecule has 1 aliphatic heterocycles. The van der Waals surface area contributed by atoms with E-state index in [-0.39, 0.29) is 0 Å². The van der Waals surface area contributed by atoms with Crippen molar-refractivity contribution < 1.29 is 18.0 Å². The SMILES string of the molecule is CCO[Si](OCC)(OCC)C1CC12CCC1OC1C2. The van der Waals surface area contributed by atoms with Crippen LogP contribution in [0.15, 0.2) is 0 Å². The van der Waals surface area contributed by atoms with Gasteiger partial charge in [0.2, 0.25) is 0 Å². The third-order valence-corrected chi connectivity index (χ3v) is 8.62. The predicted octanol–water partition coefficient (Wildman–Crippen LogP) is 2.75. The van der Waals surface area contributed by atoms with E-state index in [1.165, 1.54) is 25.7 Å². The van der Waals surface area contributed by atoms with E-state index in [1.807, 2.05) is 20.8 Å². The number of hydrogen-bond acceptors (Lipinski definition) is 4. The summed E-state index contributed by atoms with van der Waals surface area (Å²) in [4.78, 5) is 0. The molecule has 2 saturated carbocycles. The zero-order chi connectivity index (χ0) is 13.5. The van der Waals surface area contributed by atoms with Crippen molar-refractivity contribution in [1.29, 1.82) is 0 Å². The van der Waals surface area contributed by atoms with Gasteiger partial charge in [-0.15, -0.1) is 0 Å². The first-order valence-electron chi connectivity index (χ1n) is 7.77. The second-order valence-electron chi connectivity index (χ2n) is 5.98. The van der Waals surface area contributed by atoms with Gasteiger partial charge in [0.05, 0.1) is 12.2 Å². The van der Waals surface area contributed by atoms with Crippen LogP contribution in [-0.2, 0) is 18.0 Å². The Hall–Kier alpha value is 0.0569. The Morgan fingerprint density at radius 1 is 1.00 bits per heavy atom. The Bertz CT molecular complexity index is 320. The van der Waals surface area contributed by atoms with Gasteiger partial charge < -0.3 is 18.0 Å². The third kappa shape index (κ3) is 2.40. The summed E-state index contributed by atoms with van der Waals surface area (Å²) in [5.74, 6) is 0. The minimum absolute atomic E-state index is 0.406. The number of fused-ring (bicyclic) bond motifs is 1. The summed E-state index contributed by atoms with van der Waals surface area (Å²) in [6.45, 7) is 8.16. The highest BCUT2D eigenvalue weighted by Gasteiger charge is 2.72. The monoisotopic (exact) mass is 286 g/mol. The molecule has 0 N–H and O–H groups in total. The van der Waals surface area contributed by atoms with E-state index in [4.69, 9.17) is 18.0 Å². The van der Waals surface area contributed by atoms with Crippen LogP contribution in [0.4, 0.5) is 0 Å². The lowest BCUT2D eigenvalue weighted by Gasteiger charge is -2.32. The molecule has 0 aromatic carbocycles. The Morgan fingerprint density at radius 2 is 1.63 bits per heavy atom. The van der Waals surface area contributed by atoms with Gasteiger partial charge in [-0.2, -0.15) is 0 Å². The molecule has 4 unspecified atom stereocenters. The van der Waals surface area contributed by atoms with Crippen LogP contribution in [0.25, 0.3) is 0 Å². The number of ether oxygens (including phenoxy) is 1. The largest absolute Gasteiger partial charge is 0.504 e. The van der Waals surface area contributed by atoms with Gasteiger partial charge in [0.15, 0.2) is 0 Å². The van der Waals surface area contributed by atoms with Crippen LogP contribution in [0.2, 0.25) is 5.54 Å². The second kappa shape index (κ2) is 5.11. The summed E-state index contributed by atoms with van der Waals surface area (Å²) in [6, 6.07) is 0. The minimum Gasteiger partial charge on any atom is -0.374 e. The van der Waals surface area contributed by atoms with Crippen LogP contribution in [0, 0.1) is 5.41 Å². The number of hydrogen-bond donors (Lipinski definition) is 0. The van der Waals surface area contributed by atoms with Crippen molar-refractivity contribution in [1.82, 2.24) is 0 Å². The highest BCUT2D eigenvalue weighted by atomic mass is 28.4. The first kappa shape index (κ1) is 14.0. The summed E-state index contributed by atoms with van der Waals surface area (Å²) in [5, 5.41) is 0. The maximum atomic E-state index is 6.06. The molecule has 3 fully saturated rings. The van der Waals surface area contributed by atoms with E-state index in [0.29, 0.717) is 43.0 Å². The van der Waals surface area contributed by atoms with Crippen molar-refractivity contribution in [2.24, 2.45) is 5.41 Å². The van der Waals surface area contributed by atoms with E-state index in [9.17, 15) is 0 Å². The van der Waals surface area contributed by atoms with Gasteiger partial charge in [0.1, 0.15) is 0 Å². The van der Waals surface area contributed by atoms with Gasteiger partial charge in [-0.05, 0) is 51.9 Å². The number of rotatable bonds is 7. The van der Waals surface area contributed by atoms with Crippen molar-refractivity contribution in [2.45, 2.75) is 64.2 Å². The second-order valence-corrected chi connectivity index (χ2v) is 8.75. The van der Waals surface area contributed by atoms with E-state index < -0.39 is 8.80 Å². The molecule has 0 amide bonds. The fourth-order valence-electron chi connectivity index (χ4n) is 3.92. The van der Waals surface area contributed by atoms with Crippen molar-refractivity contribution in [3.05, 3.63) is 0 Å². The molecule has 1 saturated heterocycles. The maximum Gasteiger partial charge on any atom is 0.504 e. The molecular formula is C14H26O4Si. The Labute approximate surface area is 117 Å². The van der Waals surface area contributed by atoms with Crippen LogP contribution in [0.1, 0.15) is 46.5 Å². The Morgan fingerprint density at radius 3 is 2.16 bits per heavy atom. The van der Waals surface area contributed by atoms with E-state index in [1.54, 1.807) is 0 Å². The maximum absolute atomic E-state index is 6.06. The Kier molecular flexibility index (Phi) is 3.77. The zero-order valence-corrected chi connectivity index (χ0v) is 13.3. The molecule has 0 radical (unpaired) electrons. The van der Waals surface area contributed by atoms with E-state index in [0.717, 1.165) is 0 Å². The lowest BCUT2D eigenvalue weighted by Crippen LogP contribution is -2.48. The number of epoxide rings is 1. The molecule has 0 aromatic rings. The molecule has 1 heterocycles. The molecular weight excluding hydrogens is 260 g/mol. The fourth-order valence-corrected chi connectivity index (χ4v) is 7.65. The molecule has 2 aliphatic carbocycles. The molecule has 4 atom stereocenters. The van der Waals surface area contributed by atoms with Crippen LogP contribution >= 0.6 is 0 Å². The van der Waals surface area contributed by atoms with Gasteiger partial charge in [-0.3, -0.25) is 0 Å². The average molecular weight is 286 g/mol. The molecule has 3 rings (SSSR count). The molecule has 0 bridgehead atoms. The highest BCUT2D eigenvalue weighted by molar-refractivity contribution is 6.63. The smallest absolute Gasteiger partial charge is 0.374 e. The topological polar surface area (TPSA) is 40.2 Å².